The largest absolute Gasteiger partial charge is 0.480 e. The van der Waals surface area contributed by atoms with E-state index in [-0.39, 0.29) is 5.56 Å². The molecule has 5 heteroatoms. The molecule has 1 aromatic heterocycles. The minimum absolute atomic E-state index is 0.183. The van der Waals surface area contributed by atoms with Crippen LogP contribution in [-0.2, 0) is 4.74 Å². The molecule has 18 heavy (non-hydrogen) atoms. The van der Waals surface area contributed by atoms with Crippen LogP contribution in [0.4, 0.5) is 0 Å². The van der Waals surface area contributed by atoms with Gasteiger partial charge in [0.1, 0.15) is 5.82 Å². The number of hydrogen-bond acceptors (Lipinski definition) is 4. The maximum absolute atomic E-state index is 12.2. The summed E-state index contributed by atoms with van der Waals surface area (Å²) in [5.41, 5.74) is 0.498. The van der Waals surface area contributed by atoms with Gasteiger partial charge in [-0.3, -0.25) is 4.79 Å². The van der Waals surface area contributed by atoms with Crippen molar-refractivity contribution in [2.24, 2.45) is 5.10 Å². The molecule has 0 bridgehead atoms. The molecule has 0 radical (unpaired) electrons. The van der Waals surface area contributed by atoms with Gasteiger partial charge in [-0.25, -0.2) is 4.98 Å². The highest BCUT2D eigenvalue weighted by molar-refractivity contribution is 5.78. The lowest BCUT2D eigenvalue weighted by molar-refractivity contribution is 0.320. The van der Waals surface area contributed by atoms with Crippen molar-refractivity contribution in [3.8, 4) is 0 Å². The number of para-hydroxylation sites is 1. The minimum atomic E-state index is -0.183. The highest BCUT2D eigenvalue weighted by Crippen LogP contribution is 2.07. The van der Waals surface area contributed by atoms with Gasteiger partial charge in [0, 0.05) is 6.92 Å². The first kappa shape index (κ1) is 12.3. The van der Waals surface area contributed by atoms with Crippen LogP contribution in [-0.4, -0.2) is 22.2 Å². The van der Waals surface area contributed by atoms with Crippen LogP contribution in [0, 0.1) is 6.92 Å². The van der Waals surface area contributed by atoms with Gasteiger partial charge in [0.05, 0.1) is 17.5 Å². The van der Waals surface area contributed by atoms with Crippen LogP contribution in [0.1, 0.15) is 19.7 Å². The summed E-state index contributed by atoms with van der Waals surface area (Å²) in [6.45, 7) is 5.85. The van der Waals surface area contributed by atoms with Crippen molar-refractivity contribution in [2.45, 2.75) is 20.8 Å². The zero-order valence-corrected chi connectivity index (χ0v) is 10.7. The van der Waals surface area contributed by atoms with E-state index in [1.54, 1.807) is 19.9 Å². The molecule has 0 N–H and O–H groups in total. The highest BCUT2D eigenvalue weighted by atomic mass is 16.5. The summed E-state index contributed by atoms with van der Waals surface area (Å²) in [7, 11) is 0. The van der Waals surface area contributed by atoms with Crippen molar-refractivity contribution < 1.29 is 4.74 Å². The zero-order chi connectivity index (χ0) is 13.1. The zero-order valence-electron chi connectivity index (χ0n) is 10.7. The first-order valence-corrected chi connectivity index (χ1v) is 5.80. The van der Waals surface area contributed by atoms with E-state index in [4.69, 9.17) is 4.74 Å². The van der Waals surface area contributed by atoms with Crippen LogP contribution < -0.4 is 5.56 Å². The van der Waals surface area contributed by atoms with E-state index >= 15 is 0 Å². The fourth-order valence-corrected chi connectivity index (χ4v) is 1.73. The Balaban J connectivity index is 2.65. The number of hydrogen-bond donors (Lipinski definition) is 0. The molecule has 5 nitrogen and oxygen atoms in total. The Labute approximate surface area is 105 Å². The number of aromatic nitrogens is 2. The van der Waals surface area contributed by atoms with Gasteiger partial charge in [-0.1, -0.05) is 12.1 Å². The second-order valence-electron chi connectivity index (χ2n) is 3.85. The molecule has 0 spiro atoms. The Hall–Kier alpha value is -2.17. The van der Waals surface area contributed by atoms with Crippen molar-refractivity contribution in [1.29, 1.82) is 0 Å². The number of fused-ring (bicyclic) bond motifs is 1. The SMILES string of the molecule is CCOC(C)=Nn1c(C)nc2ccccc2c1=O. The number of rotatable bonds is 2. The molecule has 0 saturated carbocycles. The average molecular weight is 245 g/mol. The van der Waals surface area contributed by atoms with Gasteiger partial charge < -0.3 is 4.74 Å². The van der Waals surface area contributed by atoms with Crippen molar-refractivity contribution in [1.82, 2.24) is 9.66 Å². The molecule has 0 saturated heterocycles. The first-order chi connectivity index (χ1) is 8.63. The third-order valence-corrected chi connectivity index (χ3v) is 2.51. The lowest BCUT2D eigenvalue weighted by Crippen LogP contribution is -2.22. The molecule has 0 amide bonds. The molecule has 94 valence electrons. The normalized spacial score (nSPS) is 11.8. The lowest BCUT2D eigenvalue weighted by atomic mass is 10.2. The van der Waals surface area contributed by atoms with Gasteiger partial charge in [-0.15, -0.1) is 5.10 Å². The molecule has 0 unspecified atom stereocenters. The average Bonchev–Trinajstić information content (AvgIpc) is 2.35. The molecule has 0 aliphatic heterocycles. The van der Waals surface area contributed by atoms with Gasteiger partial charge in [0.2, 0.25) is 5.90 Å². The lowest BCUT2D eigenvalue weighted by Gasteiger charge is -2.07. The standard InChI is InChI=1S/C13H15N3O2/c1-4-18-10(3)15-16-9(2)14-12-8-6-5-7-11(12)13(16)17/h5-8H,4H2,1-3H3. The predicted octanol–water partition coefficient (Wildman–Crippen LogP) is 1.92. The van der Waals surface area contributed by atoms with Crippen LogP contribution in [0.3, 0.4) is 0 Å². The maximum atomic E-state index is 12.2. The Kier molecular flexibility index (Phi) is 3.41. The molecular weight excluding hydrogens is 230 g/mol. The monoisotopic (exact) mass is 245 g/mol. The smallest absolute Gasteiger partial charge is 0.282 e. The topological polar surface area (TPSA) is 56.5 Å². The molecule has 1 heterocycles. The highest BCUT2D eigenvalue weighted by Gasteiger charge is 2.07. The second kappa shape index (κ2) is 5.00. The minimum Gasteiger partial charge on any atom is -0.480 e. The molecule has 0 aliphatic rings. The van der Waals surface area contributed by atoms with Gasteiger partial charge in [-0.05, 0) is 26.0 Å². The Morgan fingerprint density at radius 1 is 1.44 bits per heavy atom. The third-order valence-electron chi connectivity index (χ3n) is 2.51. The van der Waals surface area contributed by atoms with Crippen molar-refractivity contribution in [3.63, 3.8) is 0 Å². The fourth-order valence-electron chi connectivity index (χ4n) is 1.73. The summed E-state index contributed by atoms with van der Waals surface area (Å²) in [6, 6.07) is 7.22. The van der Waals surface area contributed by atoms with Gasteiger partial charge in [0.15, 0.2) is 0 Å². The number of nitrogens with zero attached hydrogens (tertiary/aromatic N) is 3. The second-order valence-corrected chi connectivity index (χ2v) is 3.85. The first-order valence-electron chi connectivity index (χ1n) is 5.80. The third kappa shape index (κ3) is 2.25. The van der Waals surface area contributed by atoms with Gasteiger partial charge >= 0.3 is 0 Å². The molecule has 2 aromatic rings. The van der Waals surface area contributed by atoms with E-state index < -0.39 is 0 Å². The van der Waals surface area contributed by atoms with E-state index in [9.17, 15) is 4.79 Å². The summed E-state index contributed by atoms with van der Waals surface area (Å²) in [5, 5.41) is 4.69. The summed E-state index contributed by atoms with van der Waals surface area (Å²) < 4.78 is 6.50. The van der Waals surface area contributed by atoms with E-state index in [1.807, 2.05) is 25.1 Å². The molecule has 0 atom stereocenters. The van der Waals surface area contributed by atoms with Crippen molar-refractivity contribution >= 4 is 16.8 Å². The summed E-state index contributed by atoms with van der Waals surface area (Å²) in [4.78, 5) is 16.6. The van der Waals surface area contributed by atoms with E-state index in [1.165, 1.54) is 4.68 Å². The Bertz CT molecular complexity index is 659. The Morgan fingerprint density at radius 2 is 2.17 bits per heavy atom. The van der Waals surface area contributed by atoms with E-state index in [0.29, 0.717) is 29.2 Å². The molecule has 0 aliphatic carbocycles. The molecule has 2 rings (SSSR count). The number of aryl methyl sites for hydroxylation is 1. The summed E-state index contributed by atoms with van der Waals surface area (Å²) in [5.74, 6) is 0.984. The van der Waals surface area contributed by atoms with E-state index in [2.05, 4.69) is 10.1 Å². The Morgan fingerprint density at radius 3 is 2.89 bits per heavy atom. The van der Waals surface area contributed by atoms with E-state index in [0.717, 1.165) is 0 Å². The number of ether oxygens (including phenoxy) is 1. The summed E-state index contributed by atoms with van der Waals surface area (Å²) >= 11 is 0. The fraction of sp³-hybridized carbons (Fsp3) is 0.308. The molecular formula is C13H15N3O2. The van der Waals surface area contributed by atoms with Gasteiger partial charge in [-0.2, -0.15) is 4.68 Å². The van der Waals surface area contributed by atoms with Crippen LogP contribution in [0.25, 0.3) is 10.9 Å². The van der Waals surface area contributed by atoms with Crippen LogP contribution in [0.5, 0.6) is 0 Å². The number of benzene rings is 1. The molecule has 1 aromatic carbocycles. The predicted molar refractivity (Wildman–Crippen MR) is 70.9 cm³/mol. The van der Waals surface area contributed by atoms with Crippen molar-refractivity contribution in [3.05, 3.63) is 40.4 Å². The van der Waals surface area contributed by atoms with Crippen LogP contribution in [0.15, 0.2) is 34.2 Å². The van der Waals surface area contributed by atoms with Crippen molar-refractivity contribution in [2.75, 3.05) is 6.61 Å². The molecule has 0 fully saturated rings. The van der Waals surface area contributed by atoms with Crippen LogP contribution in [0.2, 0.25) is 0 Å². The van der Waals surface area contributed by atoms with Gasteiger partial charge in [0.25, 0.3) is 5.56 Å². The quantitative estimate of drug-likeness (QED) is 0.600. The summed E-state index contributed by atoms with van der Waals surface area (Å²) in [6.07, 6.45) is 0. The maximum Gasteiger partial charge on any atom is 0.282 e. The van der Waals surface area contributed by atoms with Crippen LogP contribution >= 0.6 is 0 Å².